The number of ether oxygens (including phenoxy) is 1. The van der Waals surface area contributed by atoms with Gasteiger partial charge in [0, 0.05) is 74.6 Å². The van der Waals surface area contributed by atoms with Crippen molar-refractivity contribution in [1.29, 1.82) is 0 Å². The van der Waals surface area contributed by atoms with Crippen LogP contribution in [0.1, 0.15) is 81.3 Å². The minimum absolute atomic E-state index is 0.128. The Bertz CT molecular complexity index is 2850. The Balaban J connectivity index is 0.000000156. The summed E-state index contributed by atoms with van der Waals surface area (Å²) in [5.41, 5.74) is 20.3. The zero-order chi connectivity index (χ0) is 47.2. The van der Waals surface area contributed by atoms with Crippen molar-refractivity contribution >= 4 is 61.1 Å². The number of hydrogen-bond acceptors (Lipinski definition) is 14. The molecule has 4 heterocycles. The summed E-state index contributed by atoms with van der Waals surface area (Å²) in [6, 6.07) is 13.0. The number of H-pyrrole nitrogens is 1. The Kier molecular flexibility index (Phi) is 15.2. The minimum Gasteiger partial charge on any atom is -0.359 e. The Hall–Kier alpha value is -5.09. The quantitative estimate of drug-likeness (QED) is 0.0390. The third-order valence-corrected chi connectivity index (χ3v) is 16.4. The molecule has 6 aromatic rings. The molecular formula is C46H59ClN12O5S2Si. The highest BCUT2D eigenvalue weighted by molar-refractivity contribution is 8.13. The molecule has 0 amide bonds. The van der Waals surface area contributed by atoms with E-state index in [2.05, 4.69) is 82.4 Å². The first-order valence-electron chi connectivity index (χ1n) is 22.9. The Labute approximate surface area is 398 Å². The number of benzene rings is 2. The highest BCUT2D eigenvalue weighted by Gasteiger charge is 2.28. The van der Waals surface area contributed by atoms with Crippen molar-refractivity contribution in [3.8, 4) is 0 Å². The second kappa shape index (κ2) is 21.0. The van der Waals surface area contributed by atoms with Crippen LogP contribution < -0.4 is 21.1 Å². The van der Waals surface area contributed by atoms with E-state index in [4.69, 9.17) is 21.2 Å². The molecule has 0 bridgehead atoms. The third kappa shape index (κ3) is 12.1. The molecule has 4 aromatic heterocycles. The molecule has 0 unspecified atom stereocenters. The lowest BCUT2D eigenvalue weighted by molar-refractivity contribution is 0.0792. The third-order valence-electron chi connectivity index (χ3n) is 12.4. The first-order valence-corrected chi connectivity index (χ1v) is 30.4. The fourth-order valence-electron chi connectivity index (χ4n) is 8.98. The molecule has 0 atom stereocenters. The molecule has 0 saturated heterocycles. The summed E-state index contributed by atoms with van der Waals surface area (Å²) in [6.07, 6.45) is 19.8. The van der Waals surface area contributed by atoms with Gasteiger partial charge in [-0.3, -0.25) is 9.97 Å². The van der Waals surface area contributed by atoms with E-state index in [0.717, 1.165) is 106 Å². The lowest BCUT2D eigenvalue weighted by atomic mass is 9.99. The van der Waals surface area contributed by atoms with Gasteiger partial charge in [-0.2, -0.15) is 9.97 Å². The molecule has 0 fully saturated rings. The number of nitrogens with two attached hydrogens (primary N) is 1. The van der Waals surface area contributed by atoms with Crippen molar-refractivity contribution in [2.45, 2.75) is 133 Å². The van der Waals surface area contributed by atoms with Gasteiger partial charge in [0.05, 0.1) is 0 Å². The lowest BCUT2D eigenvalue weighted by Gasteiger charge is -2.18. The topological polar surface area (TPSA) is 238 Å². The van der Waals surface area contributed by atoms with Crippen LogP contribution in [0.5, 0.6) is 0 Å². The van der Waals surface area contributed by atoms with E-state index in [9.17, 15) is 16.8 Å². The van der Waals surface area contributed by atoms with E-state index >= 15 is 0 Å². The van der Waals surface area contributed by atoms with E-state index in [-0.39, 0.29) is 24.4 Å². The molecule has 0 radical (unpaired) electrons. The van der Waals surface area contributed by atoms with Gasteiger partial charge in [-0.1, -0.05) is 31.8 Å². The molecule has 10 rings (SSSR count). The molecule has 356 valence electrons. The average Bonchev–Trinajstić information content (AvgIpc) is 4.17. The first kappa shape index (κ1) is 48.4. The van der Waals surface area contributed by atoms with Gasteiger partial charge in [0.15, 0.2) is 0 Å². The number of aryl methyl sites for hydroxylation is 4. The van der Waals surface area contributed by atoms with E-state index in [1.54, 1.807) is 36.9 Å². The van der Waals surface area contributed by atoms with Gasteiger partial charge in [-0.05, 0) is 163 Å². The number of aromatic amines is 1. The fraction of sp³-hybridized carbons (Fsp3) is 0.435. The lowest BCUT2D eigenvalue weighted by Crippen LogP contribution is -2.24. The van der Waals surface area contributed by atoms with Crippen LogP contribution in [0.2, 0.25) is 25.7 Å². The molecule has 67 heavy (non-hydrogen) atoms. The van der Waals surface area contributed by atoms with Crippen LogP contribution in [0, 0.1) is 0 Å². The molecule has 17 nitrogen and oxygen atoms in total. The van der Waals surface area contributed by atoms with Crippen molar-refractivity contribution in [3.63, 3.8) is 0 Å². The summed E-state index contributed by atoms with van der Waals surface area (Å²) in [5, 5.41) is 16.9. The molecular weight excluding hydrogens is 928 g/mol. The van der Waals surface area contributed by atoms with Gasteiger partial charge in [0.1, 0.15) is 6.73 Å². The molecule has 0 saturated carbocycles. The number of pyridine rings is 2. The number of rotatable bonds is 15. The van der Waals surface area contributed by atoms with Gasteiger partial charge in [0.2, 0.25) is 11.9 Å². The number of hydrogen-bond donors (Lipinski definition) is 5. The molecule has 21 heteroatoms. The van der Waals surface area contributed by atoms with Crippen LogP contribution in [-0.2, 0) is 95.0 Å². The van der Waals surface area contributed by atoms with Crippen LogP contribution in [0.4, 0.5) is 23.3 Å². The van der Waals surface area contributed by atoms with Gasteiger partial charge in [-0.15, -0.1) is 10.2 Å². The Morgan fingerprint density at radius 1 is 0.731 bits per heavy atom. The fourth-order valence-corrected chi connectivity index (χ4v) is 11.2. The highest BCUT2D eigenvalue weighted by Crippen LogP contribution is 2.41. The van der Waals surface area contributed by atoms with Crippen LogP contribution in [0.15, 0.2) is 71.5 Å². The van der Waals surface area contributed by atoms with Crippen molar-refractivity contribution in [1.82, 2.24) is 44.6 Å². The van der Waals surface area contributed by atoms with E-state index in [0.29, 0.717) is 19.1 Å². The van der Waals surface area contributed by atoms with Gasteiger partial charge in [-0.25, -0.2) is 31.3 Å². The van der Waals surface area contributed by atoms with Crippen molar-refractivity contribution in [2.24, 2.45) is 5.73 Å². The number of aromatic nitrogens is 8. The van der Waals surface area contributed by atoms with Crippen molar-refractivity contribution < 1.29 is 21.6 Å². The maximum absolute atomic E-state index is 12.6. The number of halogens is 1. The molecule has 0 aliphatic heterocycles. The van der Waals surface area contributed by atoms with Crippen LogP contribution in [0.3, 0.4) is 0 Å². The van der Waals surface area contributed by atoms with Gasteiger partial charge >= 0.3 is 0 Å². The number of fused-ring (bicyclic) bond motifs is 4. The number of anilines is 4. The van der Waals surface area contributed by atoms with Crippen LogP contribution in [-0.4, -0.2) is 71.4 Å². The highest BCUT2D eigenvalue weighted by atomic mass is 35.7. The molecule has 0 spiro atoms. The van der Waals surface area contributed by atoms with Gasteiger partial charge < -0.3 is 21.1 Å². The van der Waals surface area contributed by atoms with E-state index < -0.39 is 32.3 Å². The maximum atomic E-state index is 12.6. The van der Waals surface area contributed by atoms with Crippen LogP contribution >= 0.6 is 10.7 Å². The largest absolute Gasteiger partial charge is 0.359 e. The SMILES string of the molecule is C[Si](C)(C)CCOCn1nc(S(=O)(=O)Cl)nc1Nc1c2c(cc3c1CCC3)CCC2.NCc1ccncc1.O=S(=O)(NCc1ccncc1)c1nc(Nc2c3c(cc4c2CCC4)CCC3)n[nH]1. The summed E-state index contributed by atoms with van der Waals surface area (Å²) in [4.78, 5) is 16.2. The average molecular weight is 988 g/mol. The number of sulfonamides is 1. The summed E-state index contributed by atoms with van der Waals surface area (Å²) in [7, 11) is -3.52. The summed E-state index contributed by atoms with van der Waals surface area (Å²) in [5.74, 6) is 0.639. The summed E-state index contributed by atoms with van der Waals surface area (Å²) < 4.78 is 58.6. The minimum atomic E-state index is -4.03. The second-order valence-electron chi connectivity index (χ2n) is 18.4. The Morgan fingerprint density at radius 3 is 1.72 bits per heavy atom. The second-order valence-corrected chi connectivity index (χ2v) is 28.2. The molecule has 2 aromatic carbocycles. The van der Waals surface area contributed by atoms with E-state index in [1.165, 1.54) is 49.2 Å². The Morgan fingerprint density at radius 2 is 1.24 bits per heavy atom. The zero-order valence-corrected chi connectivity index (χ0v) is 41.6. The predicted octanol–water partition coefficient (Wildman–Crippen LogP) is 7.18. The maximum Gasteiger partial charge on any atom is 0.298 e. The molecule has 4 aliphatic rings. The summed E-state index contributed by atoms with van der Waals surface area (Å²) in [6.45, 7) is 8.35. The van der Waals surface area contributed by atoms with E-state index in [1.807, 2.05) is 12.1 Å². The monoisotopic (exact) mass is 986 g/mol. The zero-order valence-electron chi connectivity index (χ0n) is 38.2. The molecule has 4 aliphatic carbocycles. The molecule has 6 N–H and O–H groups in total. The first-order chi connectivity index (χ1) is 32.1. The predicted molar refractivity (Wildman–Crippen MR) is 261 cm³/mol. The normalized spacial score (nSPS) is 14.9. The van der Waals surface area contributed by atoms with Gasteiger partial charge in [0.25, 0.3) is 29.4 Å². The summed E-state index contributed by atoms with van der Waals surface area (Å²) >= 11 is 0. The standard InChI is InChI=1S/C20H29ClN4O3SSi.C20H22N6O2S.C6H8N2/c1-30(2,3)11-10-28-13-25-19(23-20(24-25)29(21,26)27)22-18-16-8-4-6-14(16)12-15-7-5-9-17(15)18;27-29(28,22-12-13-7-9-21-10-8-13)20-24-19(25-26-20)23-18-16-5-1-3-14(16)11-15-4-2-6-17(15)18;7-5-6-1-3-8-4-2-6/h12H,4-11,13H2,1-3H3,(H,22,23,24);7-11,22H,1-6,12H2,(H2,23,24,25,26);1-4H,5,7H2. The van der Waals surface area contributed by atoms with Crippen molar-refractivity contribution in [3.05, 3.63) is 117 Å². The number of nitrogens with one attached hydrogen (secondary N) is 4. The number of nitrogens with zero attached hydrogens (tertiary/aromatic N) is 7. The van der Waals surface area contributed by atoms with Crippen molar-refractivity contribution in [2.75, 3.05) is 17.2 Å². The smallest absolute Gasteiger partial charge is 0.298 e. The van der Waals surface area contributed by atoms with Crippen LogP contribution in [0.25, 0.3) is 0 Å².